The Bertz CT molecular complexity index is 640. The zero-order valence-electron chi connectivity index (χ0n) is 11.4. The second-order valence-electron chi connectivity index (χ2n) is 5.25. The van der Waals surface area contributed by atoms with E-state index in [9.17, 15) is 13.2 Å². The molecule has 0 unspecified atom stereocenters. The molecule has 0 radical (unpaired) electrons. The van der Waals surface area contributed by atoms with Crippen molar-refractivity contribution in [3.05, 3.63) is 23.2 Å². The zero-order chi connectivity index (χ0) is 15.6. The van der Waals surface area contributed by atoms with Crippen LogP contribution in [0.15, 0.2) is 23.1 Å². The van der Waals surface area contributed by atoms with Gasteiger partial charge in [0, 0.05) is 17.0 Å². The van der Waals surface area contributed by atoms with Gasteiger partial charge in [0.25, 0.3) is 0 Å². The van der Waals surface area contributed by atoms with E-state index < -0.39 is 10.0 Å². The predicted molar refractivity (Wildman–Crippen MR) is 81.1 cm³/mol. The summed E-state index contributed by atoms with van der Waals surface area (Å²) >= 11 is 5.82. The van der Waals surface area contributed by atoms with Crippen molar-refractivity contribution in [2.24, 2.45) is 11.7 Å². The van der Waals surface area contributed by atoms with Crippen molar-refractivity contribution >= 4 is 33.2 Å². The van der Waals surface area contributed by atoms with Crippen LogP contribution in [0.4, 0.5) is 5.69 Å². The first-order valence-electron chi connectivity index (χ1n) is 6.66. The van der Waals surface area contributed by atoms with Crippen LogP contribution in [0.1, 0.15) is 25.7 Å². The third kappa shape index (κ3) is 3.87. The average molecular weight is 332 g/mol. The van der Waals surface area contributed by atoms with E-state index in [1.54, 1.807) is 0 Å². The van der Waals surface area contributed by atoms with E-state index in [4.69, 9.17) is 23.1 Å². The molecule has 0 aliphatic heterocycles. The van der Waals surface area contributed by atoms with Gasteiger partial charge in [0.05, 0.1) is 5.69 Å². The quantitative estimate of drug-likeness (QED) is 0.720. The molecule has 2 rings (SSSR count). The number of amides is 1. The number of benzene rings is 1. The van der Waals surface area contributed by atoms with Gasteiger partial charge in [0.1, 0.15) is 4.90 Å². The maximum absolute atomic E-state index is 12.3. The summed E-state index contributed by atoms with van der Waals surface area (Å²) in [6.07, 6.45) is 2.34. The van der Waals surface area contributed by atoms with E-state index in [-0.39, 0.29) is 28.4 Å². The van der Waals surface area contributed by atoms with Gasteiger partial charge in [-0.1, -0.05) is 11.6 Å². The first-order valence-corrected chi connectivity index (χ1v) is 8.52. The highest BCUT2D eigenvalue weighted by Crippen LogP contribution is 2.27. The van der Waals surface area contributed by atoms with Crippen LogP contribution in [0, 0.1) is 5.92 Å². The maximum Gasteiger partial charge on any atom is 0.242 e. The molecule has 1 fully saturated rings. The largest absolute Gasteiger partial charge is 0.398 e. The number of hydrogen-bond donors (Lipinski definition) is 3. The van der Waals surface area contributed by atoms with Gasteiger partial charge in [-0.3, -0.25) is 4.79 Å². The molecule has 0 atom stereocenters. The van der Waals surface area contributed by atoms with Crippen LogP contribution in [-0.4, -0.2) is 20.4 Å². The second kappa shape index (κ2) is 6.21. The molecule has 8 heteroatoms. The molecule has 21 heavy (non-hydrogen) atoms. The fraction of sp³-hybridized carbons (Fsp3) is 0.462. The number of rotatable bonds is 4. The Morgan fingerprint density at radius 1 is 1.24 bits per heavy atom. The summed E-state index contributed by atoms with van der Waals surface area (Å²) < 4.78 is 27.3. The van der Waals surface area contributed by atoms with E-state index >= 15 is 0 Å². The molecule has 0 heterocycles. The molecule has 1 aromatic carbocycles. The van der Waals surface area contributed by atoms with Crippen molar-refractivity contribution < 1.29 is 13.2 Å². The van der Waals surface area contributed by atoms with Crippen molar-refractivity contribution in [1.82, 2.24) is 4.72 Å². The molecule has 1 aliphatic carbocycles. The van der Waals surface area contributed by atoms with E-state index in [0.29, 0.717) is 30.7 Å². The summed E-state index contributed by atoms with van der Waals surface area (Å²) in [7, 11) is -3.73. The first kappa shape index (κ1) is 16.1. The lowest BCUT2D eigenvalue weighted by Gasteiger charge is -2.27. The summed E-state index contributed by atoms with van der Waals surface area (Å²) in [5.41, 5.74) is 11.1. The van der Waals surface area contributed by atoms with Gasteiger partial charge in [0.15, 0.2) is 0 Å². The normalized spacial score (nSPS) is 22.9. The summed E-state index contributed by atoms with van der Waals surface area (Å²) in [5.74, 6) is -0.489. The summed E-state index contributed by atoms with van der Waals surface area (Å²) in [5, 5.41) is 0.307. The number of carbonyl (C=O) groups is 1. The summed E-state index contributed by atoms with van der Waals surface area (Å²) in [6, 6.07) is 4.10. The van der Waals surface area contributed by atoms with Crippen LogP contribution in [0.2, 0.25) is 5.02 Å². The van der Waals surface area contributed by atoms with Gasteiger partial charge < -0.3 is 11.5 Å². The van der Waals surface area contributed by atoms with Gasteiger partial charge in [0.2, 0.25) is 15.9 Å². The van der Waals surface area contributed by atoms with Crippen LogP contribution in [0.25, 0.3) is 0 Å². The molecule has 0 saturated heterocycles. The van der Waals surface area contributed by atoms with Gasteiger partial charge >= 0.3 is 0 Å². The standard InChI is InChI=1S/C13H18ClN3O3S/c14-9-3-6-11(15)12(7-9)21(19,20)17-10-4-1-8(2-5-10)13(16)18/h3,6-8,10,17H,1-2,4-5,15H2,(H2,16,18). The third-order valence-corrected chi connectivity index (χ3v) is 5.53. The Labute approximate surface area is 128 Å². The molecular formula is C13H18ClN3O3S. The average Bonchev–Trinajstić information content (AvgIpc) is 2.41. The molecule has 0 aromatic heterocycles. The lowest BCUT2D eigenvalue weighted by atomic mass is 9.86. The zero-order valence-corrected chi connectivity index (χ0v) is 13.0. The molecule has 6 nitrogen and oxygen atoms in total. The number of nitrogens with two attached hydrogens (primary N) is 2. The van der Waals surface area contributed by atoms with Crippen LogP contribution in [-0.2, 0) is 14.8 Å². The first-order chi connectivity index (χ1) is 9.79. The number of anilines is 1. The maximum atomic E-state index is 12.3. The number of primary amides is 1. The van der Waals surface area contributed by atoms with Gasteiger partial charge in [-0.2, -0.15) is 0 Å². The number of halogens is 1. The van der Waals surface area contributed by atoms with Gasteiger partial charge in [-0.15, -0.1) is 0 Å². The number of nitrogens with one attached hydrogen (secondary N) is 1. The minimum atomic E-state index is -3.73. The highest BCUT2D eigenvalue weighted by atomic mass is 35.5. The number of sulfonamides is 1. The SMILES string of the molecule is NC(=O)C1CCC(NS(=O)(=O)c2cc(Cl)ccc2N)CC1. The molecule has 1 aromatic rings. The molecule has 1 amide bonds. The summed E-state index contributed by atoms with van der Waals surface area (Å²) in [4.78, 5) is 11.1. The van der Waals surface area contributed by atoms with Crippen LogP contribution < -0.4 is 16.2 Å². The Morgan fingerprint density at radius 2 is 1.86 bits per heavy atom. The predicted octanol–water partition coefficient (Wildman–Crippen LogP) is 1.24. The van der Waals surface area contributed by atoms with E-state index in [1.165, 1.54) is 18.2 Å². The molecule has 0 spiro atoms. The van der Waals surface area contributed by atoms with E-state index in [1.807, 2.05) is 0 Å². The number of hydrogen-bond acceptors (Lipinski definition) is 4. The van der Waals surface area contributed by atoms with Gasteiger partial charge in [-0.25, -0.2) is 13.1 Å². The van der Waals surface area contributed by atoms with Crippen molar-refractivity contribution in [1.29, 1.82) is 0 Å². The van der Waals surface area contributed by atoms with Crippen LogP contribution in [0.5, 0.6) is 0 Å². The van der Waals surface area contributed by atoms with E-state index in [0.717, 1.165) is 0 Å². The molecular weight excluding hydrogens is 314 g/mol. The monoisotopic (exact) mass is 331 g/mol. The van der Waals surface area contributed by atoms with Crippen molar-refractivity contribution in [2.75, 3.05) is 5.73 Å². The fourth-order valence-corrected chi connectivity index (χ4v) is 4.22. The number of nitrogen functional groups attached to an aromatic ring is 1. The van der Waals surface area contributed by atoms with E-state index in [2.05, 4.69) is 4.72 Å². The molecule has 5 N–H and O–H groups in total. The molecule has 1 aliphatic rings. The Hall–Kier alpha value is -1.31. The third-order valence-electron chi connectivity index (χ3n) is 3.72. The fourth-order valence-electron chi connectivity index (χ4n) is 2.52. The highest BCUT2D eigenvalue weighted by molar-refractivity contribution is 7.89. The Balaban J connectivity index is 2.09. The smallest absolute Gasteiger partial charge is 0.242 e. The minimum Gasteiger partial charge on any atom is -0.398 e. The molecule has 0 bridgehead atoms. The van der Waals surface area contributed by atoms with Crippen molar-refractivity contribution in [3.63, 3.8) is 0 Å². The summed E-state index contributed by atoms with van der Waals surface area (Å²) in [6.45, 7) is 0. The Kier molecular flexibility index (Phi) is 4.75. The van der Waals surface area contributed by atoms with Crippen LogP contribution >= 0.6 is 11.6 Å². The van der Waals surface area contributed by atoms with Crippen molar-refractivity contribution in [2.45, 2.75) is 36.6 Å². The highest BCUT2D eigenvalue weighted by Gasteiger charge is 2.28. The number of carbonyl (C=O) groups excluding carboxylic acids is 1. The van der Waals surface area contributed by atoms with Gasteiger partial charge in [-0.05, 0) is 43.9 Å². The minimum absolute atomic E-state index is 0.0213. The lowest BCUT2D eigenvalue weighted by molar-refractivity contribution is -0.122. The topological polar surface area (TPSA) is 115 Å². The van der Waals surface area contributed by atoms with Crippen LogP contribution in [0.3, 0.4) is 0 Å². The molecule has 116 valence electrons. The lowest BCUT2D eigenvalue weighted by Crippen LogP contribution is -2.39. The Morgan fingerprint density at radius 3 is 2.43 bits per heavy atom. The van der Waals surface area contributed by atoms with Crippen molar-refractivity contribution in [3.8, 4) is 0 Å². The molecule has 1 saturated carbocycles. The second-order valence-corrected chi connectivity index (χ2v) is 7.37.